The molecule has 30 heavy (non-hydrogen) atoms. The molecule has 2 heterocycles. The molecule has 2 aromatic carbocycles. The molecule has 0 atom stereocenters. The van der Waals surface area contributed by atoms with E-state index in [0.29, 0.717) is 0 Å². The van der Waals surface area contributed by atoms with E-state index in [9.17, 15) is 0 Å². The number of imidazole rings is 1. The fourth-order valence-corrected chi connectivity index (χ4v) is 2.85. The normalized spacial score (nSPS) is 10.9. The number of hydrogen-bond acceptors (Lipinski definition) is 4. The highest BCUT2D eigenvalue weighted by molar-refractivity contribution is 6.27. The van der Waals surface area contributed by atoms with Gasteiger partial charge in [0.2, 0.25) is 0 Å². The van der Waals surface area contributed by atoms with Gasteiger partial charge in [-0.25, -0.2) is 19.6 Å². The third-order valence-corrected chi connectivity index (χ3v) is 4.22. The number of benzene rings is 2. The first-order valence-corrected chi connectivity index (χ1v) is 9.06. The number of aromatic nitrogens is 3. The van der Waals surface area contributed by atoms with Gasteiger partial charge in [-0.15, -0.1) is 0 Å². The molecule has 0 fully saturated rings. The molecule has 4 aromatic rings. The minimum Gasteiger partial charge on any atom is -0.473 e. The summed E-state index contributed by atoms with van der Waals surface area (Å²) in [5.74, 6) is -1.89. The van der Waals surface area contributed by atoms with Crippen LogP contribution >= 0.6 is 0 Å². The van der Waals surface area contributed by atoms with Crippen molar-refractivity contribution in [3.8, 4) is 5.82 Å². The number of pyridine rings is 1. The minimum atomic E-state index is -1.82. The Hall–Kier alpha value is -4.26. The summed E-state index contributed by atoms with van der Waals surface area (Å²) in [5.41, 5.74) is 4.39. The number of aliphatic carboxylic acids is 2. The van der Waals surface area contributed by atoms with Gasteiger partial charge in [0.05, 0.1) is 11.0 Å². The van der Waals surface area contributed by atoms with Gasteiger partial charge in [-0.2, -0.15) is 0 Å². The maximum absolute atomic E-state index is 9.10. The highest BCUT2D eigenvalue weighted by Gasteiger charge is 2.11. The van der Waals surface area contributed by atoms with Crippen LogP contribution in [0.5, 0.6) is 0 Å². The molecule has 2 N–H and O–H groups in total. The summed E-state index contributed by atoms with van der Waals surface area (Å²) in [6.45, 7) is 2.11. The first-order valence-electron chi connectivity index (χ1n) is 9.06. The standard InChI is InChI=1S/C21H17N3.C2H2O4/c1-16(17-9-3-2-4-10-17)15-21-23-18-11-5-6-12-19(18)24(21)20-13-7-8-14-22-20;3-1(4)2(5)6/h2-15H,1H3;(H,3,4)(H,5,6)/b16-15+;. The molecule has 0 spiro atoms. The molecular weight excluding hydrogens is 382 g/mol. The summed E-state index contributed by atoms with van der Waals surface area (Å²) in [6.07, 6.45) is 3.92. The Labute approximate surface area is 172 Å². The predicted molar refractivity (Wildman–Crippen MR) is 114 cm³/mol. The van der Waals surface area contributed by atoms with Crippen LogP contribution in [-0.2, 0) is 9.59 Å². The second-order valence-corrected chi connectivity index (χ2v) is 6.29. The van der Waals surface area contributed by atoms with E-state index in [4.69, 9.17) is 24.8 Å². The number of hydrogen-bond donors (Lipinski definition) is 2. The summed E-state index contributed by atoms with van der Waals surface area (Å²) in [6, 6.07) is 24.4. The van der Waals surface area contributed by atoms with Crippen LogP contribution in [0.1, 0.15) is 18.3 Å². The SMILES string of the molecule is C/C(=C\c1nc2ccccc2n1-c1ccccn1)c1ccccc1.O=C(O)C(=O)O. The summed E-state index contributed by atoms with van der Waals surface area (Å²) >= 11 is 0. The smallest absolute Gasteiger partial charge is 0.414 e. The van der Waals surface area contributed by atoms with Crippen molar-refractivity contribution in [2.75, 3.05) is 0 Å². The van der Waals surface area contributed by atoms with Gasteiger partial charge < -0.3 is 10.2 Å². The van der Waals surface area contributed by atoms with Gasteiger partial charge in [0, 0.05) is 6.20 Å². The second kappa shape index (κ2) is 9.29. The molecule has 0 unspecified atom stereocenters. The maximum atomic E-state index is 9.10. The molecule has 0 aliphatic carbocycles. The van der Waals surface area contributed by atoms with Crippen molar-refractivity contribution in [1.29, 1.82) is 0 Å². The molecule has 0 bridgehead atoms. The van der Waals surface area contributed by atoms with Crippen molar-refractivity contribution in [2.45, 2.75) is 6.92 Å². The Kier molecular flexibility index (Phi) is 6.34. The Balaban J connectivity index is 0.000000377. The van der Waals surface area contributed by atoms with Crippen LogP contribution in [0.3, 0.4) is 0 Å². The van der Waals surface area contributed by atoms with Crippen molar-refractivity contribution in [3.63, 3.8) is 0 Å². The number of carboxylic acids is 2. The molecule has 0 aliphatic heterocycles. The lowest BCUT2D eigenvalue weighted by atomic mass is 10.1. The second-order valence-electron chi connectivity index (χ2n) is 6.29. The zero-order valence-corrected chi connectivity index (χ0v) is 16.1. The molecule has 2 aromatic heterocycles. The van der Waals surface area contributed by atoms with Crippen LogP contribution < -0.4 is 0 Å². The number of rotatable bonds is 3. The average molecular weight is 401 g/mol. The third-order valence-electron chi connectivity index (χ3n) is 4.22. The number of fused-ring (bicyclic) bond motifs is 1. The van der Waals surface area contributed by atoms with Crippen LogP contribution in [-0.4, -0.2) is 36.7 Å². The van der Waals surface area contributed by atoms with Crippen LogP contribution in [0, 0.1) is 0 Å². The molecule has 0 aliphatic rings. The number of para-hydroxylation sites is 2. The summed E-state index contributed by atoms with van der Waals surface area (Å²) in [7, 11) is 0. The molecule has 150 valence electrons. The Bertz CT molecular complexity index is 1190. The van der Waals surface area contributed by atoms with E-state index in [1.165, 1.54) is 11.1 Å². The predicted octanol–water partition coefficient (Wildman–Crippen LogP) is 4.14. The van der Waals surface area contributed by atoms with E-state index in [2.05, 4.69) is 52.9 Å². The van der Waals surface area contributed by atoms with Crippen molar-refractivity contribution in [3.05, 3.63) is 90.4 Å². The van der Waals surface area contributed by atoms with E-state index in [-0.39, 0.29) is 0 Å². The first-order chi connectivity index (χ1) is 14.5. The van der Waals surface area contributed by atoms with Gasteiger partial charge in [0.1, 0.15) is 11.6 Å². The molecule has 4 rings (SSSR count). The van der Waals surface area contributed by atoms with Crippen molar-refractivity contribution in [1.82, 2.24) is 14.5 Å². The molecule has 0 saturated heterocycles. The van der Waals surface area contributed by atoms with Crippen LogP contribution in [0.15, 0.2) is 79.0 Å². The van der Waals surface area contributed by atoms with Gasteiger partial charge >= 0.3 is 11.9 Å². The van der Waals surface area contributed by atoms with E-state index in [1.807, 2.05) is 48.7 Å². The van der Waals surface area contributed by atoms with Gasteiger partial charge in [0.25, 0.3) is 0 Å². The van der Waals surface area contributed by atoms with E-state index < -0.39 is 11.9 Å². The lowest BCUT2D eigenvalue weighted by molar-refractivity contribution is -0.159. The number of carboxylic acid groups (broad SMARTS) is 2. The molecule has 0 radical (unpaired) electrons. The quantitative estimate of drug-likeness (QED) is 0.500. The fourth-order valence-electron chi connectivity index (χ4n) is 2.85. The van der Waals surface area contributed by atoms with Gasteiger partial charge in [0.15, 0.2) is 0 Å². The number of nitrogens with zero attached hydrogens (tertiary/aromatic N) is 3. The van der Waals surface area contributed by atoms with E-state index in [1.54, 1.807) is 0 Å². The molecule has 7 heteroatoms. The lowest BCUT2D eigenvalue weighted by Gasteiger charge is -2.07. The van der Waals surface area contributed by atoms with Crippen molar-refractivity contribution in [2.24, 2.45) is 0 Å². The van der Waals surface area contributed by atoms with Gasteiger partial charge in [-0.1, -0.05) is 48.5 Å². The molecular formula is C23H19N3O4. The largest absolute Gasteiger partial charge is 0.473 e. The molecule has 0 saturated carbocycles. The number of allylic oxidation sites excluding steroid dienone is 1. The molecule has 0 amide bonds. The highest BCUT2D eigenvalue weighted by Crippen LogP contribution is 2.24. The van der Waals surface area contributed by atoms with E-state index in [0.717, 1.165) is 22.7 Å². The topological polar surface area (TPSA) is 105 Å². The maximum Gasteiger partial charge on any atom is 0.414 e. The van der Waals surface area contributed by atoms with Crippen molar-refractivity contribution >= 4 is 34.6 Å². The summed E-state index contributed by atoms with van der Waals surface area (Å²) in [5, 5.41) is 14.8. The monoisotopic (exact) mass is 401 g/mol. The summed E-state index contributed by atoms with van der Waals surface area (Å²) in [4.78, 5) is 27.5. The van der Waals surface area contributed by atoms with Gasteiger partial charge in [-0.05, 0) is 48.4 Å². The van der Waals surface area contributed by atoms with Crippen LogP contribution in [0.4, 0.5) is 0 Å². The Morgan fingerprint density at radius 3 is 2.13 bits per heavy atom. The highest BCUT2D eigenvalue weighted by atomic mass is 16.4. The number of carbonyl (C=O) groups is 2. The Morgan fingerprint density at radius 2 is 1.50 bits per heavy atom. The summed E-state index contributed by atoms with van der Waals surface area (Å²) < 4.78 is 2.10. The van der Waals surface area contributed by atoms with Crippen molar-refractivity contribution < 1.29 is 19.8 Å². The van der Waals surface area contributed by atoms with Gasteiger partial charge in [-0.3, -0.25) is 4.57 Å². The zero-order chi connectivity index (χ0) is 21.5. The Morgan fingerprint density at radius 1 is 0.867 bits per heavy atom. The van der Waals surface area contributed by atoms with Crippen LogP contribution in [0.2, 0.25) is 0 Å². The average Bonchev–Trinajstić information content (AvgIpc) is 3.13. The van der Waals surface area contributed by atoms with Crippen LogP contribution in [0.25, 0.3) is 28.5 Å². The zero-order valence-electron chi connectivity index (χ0n) is 16.1. The first kappa shape index (κ1) is 20.5. The van der Waals surface area contributed by atoms with E-state index >= 15 is 0 Å². The molecule has 7 nitrogen and oxygen atoms in total. The fraction of sp³-hybridized carbons (Fsp3) is 0.0435. The lowest BCUT2D eigenvalue weighted by Crippen LogP contribution is -2.09. The minimum absolute atomic E-state index is 0.873. The third kappa shape index (κ3) is 4.77.